The van der Waals surface area contributed by atoms with Crippen molar-refractivity contribution in [1.29, 1.82) is 0 Å². The molecule has 2 heterocycles. The minimum atomic E-state index is -0.697. The first-order valence-corrected chi connectivity index (χ1v) is 17.5. The van der Waals surface area contributed by atoms with E-state index in [9.17, 15) is 14.4 Å². The Morgan fingerprint density at radius 2 is 1.76 bits per heavy atom. The van der Waals surface area contributed by atoms with E-state index in [1.165, 1.54) is 4.52 Å². The number of carbonyl (C=O) groups is 3. The van der Waals surface area contributed by atoms with Gasteiger partial charge in [-0.3, -0.25) is 9.89 Å². The van der Waals surface area contributed by atoms with Crippen LogP contribution >= 0.6 is 0 Å². The molecular weight excluding hydrogens is 646 g/mol. The van der Waals surface area contributed by atoms with E-state index < -0.39 is 18.0 Å². The van der Waals surface area contributed by atoms with E-state index >= 15 is 0 Å². The lowest BCUT2D eigenvalue weighted by Crippen LogP contribution is -2.39. The van der Waals surface area contributed by atoms with Gasteiger partial charge < -0.3 is 19.5 Å². The molecule has 1 saturated carbocycles. The second kappa shape index (κ2) is 15.1. The molecule has 3 aromatic carbocycles. The molecule has 11 nitrogen and oxygen atoms in total. The number of rotatable bonds is 11. The zero-order valence-corrected chi connectivity index (χ0v) is 29.6. The van der Waals surface area contributed by atoms with Gasteiger partial charge in [0, 0.05) is 13.0 Å². The molecule has 11 heteroatoms. The molecule has 1 aliphatic rings. The molecule has 5 aromatic rings. The maximum absolute atomic E-state index is 13.9. The summed E-state index contributed by atoms with van der Waals surface area (Å²) in [7, 11) is 0. The van der Waals surface area contributed by atoms with Gasteiger partial charge >= 0.3 is 11.9 Å². The SMILES string of the molecule is [C-]#[N+]c1c(C(=O)OC2C(C)CCCC2C)c2nc(CCNC(=O)C(CC)Oc3ccc(C)cc3C)[nH]n2c1OC(=O)c1ccc2ccccc2c1. The standard InChI is InChI=1S/C40H43N5O6/c1-7-30(49-31-18-15-23(2)21-26(31)5)37(46)42-20-19-32-43-36-33(40(48)50-35-24(3)11-10-12-25(35)4)34(41-6)38(45(36)44-32)51-39(47)29-17-16-27-13-8-9-14-28(27)22-29/h8-9,13-18,21-22,24-25,30,35H,7,10-12,19-20H2,1-5H3,(H,42,46)(H,43,44). The Bertz CT molecular complexity index is 2130. The zero-order valence-electron chi connectivity index (χ0n) is 29.6. The van der Waals surface area contributed by atoms with Crippen molar-refractivity contribution in [2.75, 3.05) is 6.54 Å². The molecule has 1 fully saturated rings. The summed E-state index contributed by atoms with van der Waals surface area (Å²) in [6.45, 7) is 18.2. The van der Waals surface area contributed by atoms with Crippen LogP contribution in [0.2, 0.25) is 0 Å². The molecule has 1 amide bonds. The van der Waals surface area contributed by atoms with Crippen molar-refractivity contribution in [2.45, 2.75) is 78.9 Å². The largest absolute Gasteiger partial charge is 0.480 e. The summed E-state index contributed by atoms with van der Waals surface area (Å²) in [5.41, 5.74) is 2.20. The van der Waals surface area contributed by atoms with Crippen molar-refractivity contribution in [1.82, 2.24) is 19.9 Å². The number of nitrogens with one attached hydrogen (secondary N) is 2. The van der Waals surface area contributed by atoms with Crippen molar-refractivity contribution in [3.63, 3.8) is 0 Å². The number of esters is 2. The molecule has 3 atom stereocenters. The maximum Gasteiger partial charge on any atom is 0.343 e. The number of aryl methyl sites for hydroxylation is 2. The number of aromatic nitrogens is 3. The van der Waals surface area contributed by atoms with Crippen molar-refractivity contribution < 1.29 is 28.6 Å². The fraction of sp³-hybridized carbons (Fsp3) is 0.375. The Kier molecular flexibility index (Phi) is 10.4. The third-order valence-corrected chi connectivity index (χ3v) is 9.66. The number of nitrogens with zero attached hydrogens (tertiary/aromatic N) is 3. The van der Waals surface area contributed by atoms with Gasteiger partial charge in [-0.25, -0.2) is 23.9 Å². The molecule has 0 spiro atoms. The van der Waals surface area contributed by atoms with Crippen LogP contribution in [0.5, 0.6) is 11.6 Å². The highest BCUT2D eigenvalue weighted by atomic mass is 16.6. The summed E-state index contributed by atoms with van der Waals surface area (Å²) in [6, 6.07) is 18.6. The fourth-order valence-corrected chi connectivity index (χ4v) is 6.87. The van der Waals surface area contributed by atoms with Crippen LogP contribution in [-0.2, 0) is 16.0 Å². The van der Waals surface area contributed by atoms with Gasteiger partial charge in [0.1, 0.15) is 23.2 Å². The predicted octanol–water partition coefficient (Wildman–Crippen LogP) is 7.70. The van der Waals surface area contributed by atoms with E-state index in [4.69, 9.17) is 20.8 Å². The lowest BCUT2D eigenvalue weighted by molar-refractivity contribution is -0.128. The third-order valence-electron chi connectivity index (χ3n) is 9.66. The van der Waals surface area contributed by atoms with Gasteiger partial charge in [-0.05, 0) is 79.5 Å². The minimum Gasteiger partial charge on any atom is -0.480 e. The number of benzene rings is 3. The number of carbonyl (C=O) groups excluding carboxylic acids is 3. The minimum absolute atomic E-state index is 0.0734. The average Bonchev–Trinajstić information content (AvgIpc) is 3.65. The quantitative estimate of drug-likeness (QED) is 0.107. The van der Waals surface area contributed by atoms with E-state index in [0.717, 1.165) is 41.2 Å². The predicted molar refractivity (Wildman–Crippen MR) is 193 cm³/mol. The summed E-state index contributed by atoms with van der Waals surface area (Å²) >= 11 is 0. The molecular formula is C40H43N5O6. The van der Waals surface area contributed by atoms with Crippen molar-refractivity contribution in [3.05, 3.63) is 100 Å². The number of aromatic amines is 1. The molecule has 3 unspecified atom stereocenters. The summed E-state index contributed by atoms with van der Waals surface area (Å²) < 4.78 is 19.3. The van der Waals surface area contributed by atoms with E-state index in [-0.39, 0.29) is 65.2 Å². The molecule has 0 bridgehead atoms. The van der Waals surface area contributed by atoms with E-state index in [1.807, 2.05) is 69.3 Å². The van der Waals surface area contributed by atoms with Gasteiger partial charge in [0.15, 0.2) is 11.8 Å². The summed E-state index contributed by atoms with van der Waals surface area (Å²) in [5.74, 6) is -0.455. The number of hydrogen-bond donors (Lipinski definition) is 2. The highest BCUT2D eigenvalue weighted by Gasteiger charge is 2.36. The highest BCUT2D eigenvalue weighted by Crippen LogP contribution is 2.40. The van der Waals surface area contributed by atoms with Crippen molar-refractivity contribution in [3.8, 4) is 11.6 Å². The normalized spacial score (nSPS) is 17.8. The number of fused-ring (bicyclic) bond motifs is 2. The van der Waals surface area contributed by atoms with E-state index in [2.05, 4.69) is 34.1 Å². The Balaban J connectivity index is 1.26. The lowest BCUT2D eigenvalue weighted by Gasteiger charge is -2.33. The lowest BCUT2D eigenvalue weighted by atomic mass is 9.80. The molecule has 0 aliphatic heterocycles. The Hall–Kier alpha value is -5.63. The molecule has 0 radical (unpaired) electrons. The zero-order chi connectivity index (χ0) is 36.2. The van der Waals surface area contributed by atoms with Gasteiger partial charge in [0.05, 0.1) is 12.1 Å². The van der Waals surface area contributed by atoms with Crippen molar-refractivity contribution in [2.24, 2.45) is 11.8 Å². The van der Waals surface area contributed by atoms with Crippen LogP contribution in [0.4, 0.5) is 5.69 Å². The van der Waals surface area contributed by atoms with Crippen LogP contribution in [0.1, 0.15) is 84.1 Å². The number of amides is 1. The van der Waals surface area contributed by atoms with Crippen LogP contribution in [0.15, 0.2) is 60.7 Å². The van der Waals surface area contributed by atoms with Gasteiger partial charge in [0.2, 0.25) is 5.88 Å². The first-order valence-electron chi connectivity index (χ1n) is 17.5. The first kappa shape index (κ1) is 35.2. The fourth-order valence-electron chi connectivity index (χ4n) is 6.87. The van der Waals surface area contributed by atoms with Crippen LogP contribution in [0.3, 0.4) is 0 Å². The third kappa shape index (κ3) is 7.45. The smallest absolute Gasteiger partial charge is 0.343 e. The van der Waals surface area contributed by atoms with Gasteiger partial charge in [-0.15, -0.1) is 0 Å². The first-order chi connectivity index (χ1) is 24.6. The Labute approximate surface area is 297 Å². The van der Waals surface area contributed by atoms with Crippen LogP contribution < -0.4 is 14.8 Å². The Morgan fingerprint density at radius 3 is 2.47 bits per heavy atom. The highest BCUT2D eigenvalue weighted by molar-refractivity contribution is 6.05. The topological polar surface area (TPSA) is 128 Å². The second-order valence-electron chi connectivity index (χ2n) is 13.5. The molecule has 1 aliphatic carbocycles. The number of hydrogen-bond acceptors (Lipinski definition) is 7. The van der Waals surface area contributed by atoms with Crippen LogP contribution in [0.25, 0.3) is 21.3 Å². The molecule has 0 saturated heterocycles. The summed E-state index contributed by atoms with van der Waals surface area (Å²) in [6.07, 6.45) is 2.64. The number of H-pyrrole nitrogens is 1. The molecule has 51 heavy (non-hydrogen) atoms. The van der Waals surface area contributed by atoms with Gasteiger partial charge in [0.25, 0.3) is 11.6 Å². The van der Waals surface area contributed by atoms with Crippen LogP contribution in [0, 0.1) is 32.3 Å². The molecule has 264 valence electrons. The van der Waals surface area contributed by atoms with Gasteiger partial charge in [-0.1, -0.05) is 75.2 Å². The molecule has 2 aromatic heterocycles. The number of ether oxygens (including phenoxy) is 3. The summed E-state index contributed by atoms with van der Waals surface area (Å²) in [5, 5.41) is 7.82. The van der Waals surface area contributed by atoms with E-state index in [0.29, 0.717) is 18.0 Å². The van der Waals surface area contributed by atoms with E-state index in [1.54, 1.807) is 12.1 Å². The second-order valence-corrected chi connectivity index (χ2v) is 13.5. The average molecular weight is 690 g/mol. The van der Waals surface area contributed by atoms with Crippen molar-refractivity contribution >= 4 is 40.0 Å². The summed E-state index contributed by atoms with van der Waals surface area (Å²) in [4.78, 5) is 48.8. The van der Waals surface area contributed by atoms with Gasteiger partial charge in [-0.2, -0.15) is 0 Å². The monoisotopic (exact) mass is 689 g/mol. The molecule has 6 rings (SSSR count). The van der Waals surface area contributed by atoms with Crippen LogP contribution in [-0.4, -0.2) is 51.2 Å². The molecule has 2 N–H and O–H groups in total. The maximum atomic E-state index is 13.9. The Morgan fingerprint density at radius 1 is 1.02 bits per heavy atom.